The van der Waals surface area contributed by atoms with Gasteiger partial charge in [-0.25, -0.2) is 4.39 Å². The second-order valence-electron chi connectivity index (χ2n) is 5.89. The van der Waals surface area contributed by atoms with E-state index in [9.17, 15) is 14.0 Å². The van der Waals surface area contributed by atoms with Crippen LogP contribution >= 0.6 is 0 Å². The van der Waals surface area contributed by atoms with Crippen molar-refractivity contribution < 1.29 is 14.0 Å². The van der Waals surface area contributed by atoms with Crippen LogP contribution in [0.2, 0.25) is 0 Å². The van der Waals surface area contributed by atoms with E-state index in [0.717, 1.165) is 18.9 Å². The summed E-state index contributed by atoms with van der Waals surface area (Å²) in [6.07, 6.45) is 6.37. The number of nitrogens with two attached hydrogens (primary N) is 2. The Kier molecular flexibility index (Phi) is 5.49. The van der Waals surface area contributed by atoms with Gasteiger partial charge in [-0.05, 0) is 30.5 Å². The van der Waals surface area contributed by atoms with E-state index in [1.54, 1.807) is 0 Å². The quantitative estimate of drug-likeness (QED) is 0.777. The second kappa shape index (κ2) is 7.35. The third-order valence-corrected chi connectivity index (χ3v) is 4.16. The largest absolute Gasteiger partial charge is 0.366 e. The summed E-state index contributed by atoms with van der Waals surface area (Å²) in [4.78, 5) is 23.2. The molecule has 120 valence electrons. The zero-order valence-electron chi connectivity index (χ0n) is 12.5. The highest BCUT2D eigenvalue weighted by atomic mass is 19.1. The third kappa shape index (κ3) is 4.27. The molecule has 6 heteroatoms. The minimum absolute atomic E-state index is 0.0691. The first-order valence-corrected chi connectivity index (χ1v) is 7.63. The Morgan fingerprint density at radius 2 is 1.95 bits per heavy atom. The molecule has 0 heterocycles. The van der Waals surface area contributed by atoms with E-state index in [4.69, 9.17) is 11.5 Å². The number of primary amides is 1. The predicted octanol–water partition coefficient (Wildman–Crippen LogP) is 2.16. The molecular weight excluding hydrogens is 285 g/mol. The summed E-state index contributed by atoms with van der Waals surface area (Å²) in [6, 6.07) is 2.92. The van der Waals surface area contributed by atoms with E-state index >= 15 is 0 Å². The molecular formula is C16H22FN3O2. The molecule has 1 fully saturated rings. The van der Waals surface area contributed by atoms with Gasteiger partial charge in [0.25, 0.3) is 0 Å². The third-order valence-electron chi connectivity index (χ3n) is 4.16. The molecule has 5 nitrogen and oxygen atoms in total. The zero-order valence-corrected chi connectivity index (χ0v) is 12.5. The van der Waals surface area contributed by atoms with Gasteiger partial charge in [-0.15, -0.1) is 0 Å². The minimum atomic E-state index is -0.681. The Hall–Kier alpha value is -1.95. The van der Waals surface area contributed by atoms with Crippen molar-refractivity contribution in [1.29, 1.82) is 0 Å². The van der Waals surface area contributed by atoms with Gasteiger partial charge in [-0.3, -0.25) is 9.59 Å². The van der Waals surface area contributed by atoms with Crippen LogP contribution in [0.3, 0.4) is 0 Å². The lowest BCUT2D eigenvalue weighted by Gasteiger charge is -2.24. The summed E-state index contributed by atoms with van der Waals surface area (Å²) in [5, 5.41) is 2.45. The summed E-state index contributed by atoms with van der Waals surface area (Å²) < 4.78 is 13.7. The highest BCUT2D eigenvalue weighted by Gasteiger charge is 2.22. The van der Waals surface area contributed by atoms with Gasteiger partial charge in [0.15, 0.2) is 0 Å². The summed E-state index contributed by atoms with van der Waals surface area (Å²) in [7, 11) is 0. The van der Waals surface area contributed by atoms with Crippen molar-refractivity contribution in [2.24, 2.45) is 17.4 Å². The number of hydrogen-bond acceptors (Lipinski definition) is 3. The fourth-order valence-corrected chi connectivity index (χ4v) is 2.89. The zero-order chi connectivity index (χ0) is 16.1. The molecule has 0 saturated heterocycles. The van der Waals surface area contributed by atoms with Gasteiger partial charge < -0.3 is 16.8 Å². The standard InChI is InChI=1S/C16H22FN3O2/c17-12-7-6-11(15(19)21)9-14(12)20-16(22)13(18)8-10-4-2-1-3-5-10/h6-7,9-10,13H,1-5,8,18H2,(H2,19,21)(H,20,22). The molecule has 1 aromatic rings. The van der Waals surface area contributed by atoms with Crippen molar-refractivity contribution in [3.8, 4) is 0 Å². The molecule has 1 unspecified atom stereocenters. The van der Waals surface area contributed by atoms with Gasteiger partial charge in [0.05, 0.1) is 11.7 Å². The van der Waals surface area contributed by atoms with Gasteiger partial charge >= 0.3 is 0 Å². The average molecular weight is 307 g/mol. The molecule has 22 heavy (non-hydrogen) atoms. The number of benzene rings is 1. The number of nitrogens with one attached hydrogen (secondary N) is 1. The maximum atomic E-state index is 13.7. The Bertz CT molecular complexity index is 556. The first-order chi connectivity index (χ1) is 10.5. The second-order valence-corrected chi connectivity index (χ2v) is 5.89. The van der Waals surface area contributed by atoms with Crippen LogP contribution in [0.4, 0.5) is 10.1 Å². The van der Waals surface area contributed by atoms with Crippen molar-refractivity contribution in [1.82, 2.24) is 0 Å². The minimum Gasteiger partial charge on any atom is -0.366 e. The Labute approximate surface area is 129 Å². The molecule has 2 rings (SSSR count). The van der Waals surface area contributed by atoms with E-state index in [0.29, 0.717) is 12.3 Å². The topological polar surface area (TPSA) is 98.2 Å². The monoisotopic (exact) mass is 307 g/mol. The van der Waals surface area contributed by atoms with E-state index in [1.165, 1.54) is 31.4 Å². The Morgan fingerprint density at radius 1 is 1.27 bits per heavy atom. The smallest absolute Gasteiger partial charge is 0.248 e. The van der Waals surface area contributed by atoms with Crippen molar-refractivity contribution in [2.45, 2.75) is 44.6 Å². The lowest BCUT2D eigenvalue weighted by atomic mass is 9.85. The van der Waals surface area contributed by atoms with Crippen LogP contribution in [-0.2, 0) is 4.79 Å². The van der Waals surface area contributed by atoms with Crippen molar-refractivity contribution in [3.63, 3.8) is 0 Å². The fraction of sp³-hybridized carbons (Fsp3) is 0.500. The summed E-state index contributed by atoms with van der Waals surface area (Å²) in [5.74, 6) is -1.28. The van der Waals surface area contributed by atoms with E-state index in [-0.39, 0.29) is 11.3 Å². The van der Waals surface area contributed by atoms with Gasteiger partial charge in [0.1, 0.15) is 5.82 Å². The number of amides is 2. The van der Waals surface area contributed by atoms with Crippen LogP contribution in [0.15, 0.2) is 18.2 Å². The van der Waals surface area contributed by atoms with E-state index < -0.39 is 23.7 Å². The van der Waals surface area contributed by atoms with E-state index in [1.807, 2.05) is 0 Å². The molecule has 5 N–H and O–H groups in total. The van der Waals surface area contributed by atoms with E-state index in [2.05, 4.69) is 5.32 Å². The molecule has 1 atom stereocenters. The number of rotatable bonds is 5. The van der Waals surface area contributed by atoms with Crippen molar-refractivity contribution in [2.75, 3.05) is 5.32 Å². The van der Waals surface area contributed by atoms with Crippen LogP contribution in [0, 0.1) is 11.7 Å². The molecule has 2 amide bonds. The highest BCUT2D eigenvalue weighted by Crippen LogP contribution is 2.27. The normalized spacial score (nSPS) is 17.0. The molecule has 0 aliphatic heterocycles. The highest BCUT2D eigenvalue weighted by molar-refractivity contribution is 5.98. The molecule has 0 radical (unpaired) electrons. The Balaban J connectivity index is 1.98. The molecule has 1 aromatic carbocycles. The van der Waals surface area contributed by atoms with Gasteiger partial charge in [0, 0.05) is 5.56 Å². The fourth-order valence-electron chi connectivity index (χ4n) is 2.89. The first kappa shape index (κ1) is 16.4. The predicted molar refractivity (Wildman–Crippen MR) is 82.7 cm³/mol. The van der Waals surface area contributed by atoms with Crippen LogP contribution in [-0.4, -0.2) is 17.9 Å². The Morgan fingerprint density at radius 3 is 2.59 bits per heavy atom. The van der Waals surface area contributed by atoms with Crippen LogP contribution in [0.5, 0.6) is 0 Å². The molecule has 1 saturated carbocycles. The van der Waals surface area contributed by atoms with Gasteiger partial charge in [0.2, 0.25) is 11.8 Å². The number of halogens is 1. The molecule has 0 bridgehead atoms. The van der Waals surface area contributed by atoms with Crippen LogP contribution < -0.4 is 16.8 Å². The number of hydrogen-bond donors (Lipinski definition) is 3. The molecule has 0 aromatic heterocycles. The lowest BCUT2D eigenvalue weighted by Crippen LogP contribution is -2.37. The maximum absolute atomic E-state index is 13.7. The van der Waals surface area contributed by atoms with Gasteiger partial charge in [-0.1, -0.05) is 32.1 Å². The molecule has 0 spiro atoms. The van der Waals surface area contributed by atoms with Crippen molar-refractivity contribution >= 4 is 17.5 Å². The summed E-state index contributed by atoms with van der Waals surface area (Å²) in [5.41, 5.74) is 11.1. The maximum Gasteiger partial charge on any atom is 0.248 e. The lowest BCUT2D eigenvalue weighted by molar-refractivity contribution is -0.117. The first-order valence-electron chi connectivity index (χ1n) is 7.63. The van der Waals surface area contributed by atoms with Crippen molar-refractivity contribution in [3.05, 3.63) is 29.6 Å². The summed E-state index contributed by atoms with van der Waals surface area (Å²) >= 11 is 0. The van der Waals surface area contributed by atoms with Crippen LogP contribution in [0.1, 0.15) is 48.9 Å². The average Bonchev–Trinajstić information content (AvgIpc) is 2.50. The SMILES string of the molecule is NC(=O)c1ccc(F)c(NC(=O)C(N)CC2CCCCC2)c1. The number of carbonyl (C=O) groups excluding carboxylic acids is 2. The number of anilines is 1. The summed E-state index contributed by atoms with van der Waals surface area (Å²) in [6.45, 7) is 0. The number of carbonyl (C=O) groups is 2. The van der Waals surface area contributed by atoms with Gasteiger partial charge in [-0.2, -0.15) is 0 Å². The van der Waals surface area contributed by atoms with Crippen LogP contribution in [0.25, 0.3) is 0 Å². The molecule has 1 aliphatic rings. The molecule has 1 aliphatic carbocycles.